The minimum atomic E-state index is -0.610. The van der Waals surface area contributed by atoms with E-state index in [0.717, 1.165) is 5.56 Å². The molecule has 0 radical (unpaired) electrons. The molecule has 0 fully saturated rings. The number of carbonyl (C=O) groups is 2. The summed E-state index contributed by atoms with van der Waals surface area (Å²) in [5.74, 6) is 0.896. The molecule has 2 aromatic rings. The van der Waals surface area contributed by atoms with Crippen LogP contribution in [0.2, 0.25) is 0 Å². The largest absolute Gasteiger partial charge is 0.454 e. The first-order chi connectivity index (χ1) is 12.5. The number of carbonyl (C=O) groups excluding carboxylic acids is 2. The van der Waals surface area contributed by atoms with E-state index in [1.807, 2.05) is 50.4 Å². The van der Waals surface area contributed by atoms with Crippen LogP contribution in [0.5, 0.6) is 11.5 Å². The fourth-order valence-corrected chi connectivity index (χ4v) is 3.35. The highest BCUT2D eigenvalue weighted by atomic mass is 32.1. The maximum atomic E-state index is 12.7. The Balaban J connectivity index is 1.66. The summed E-state index contributed by atoms with van der Waals surface area (Å²) in [4.78, 5) is 25.6. The average molecular weight is 374 g/mol. The van der Waals surface area contributed by atoms with Gasteiger partial charge in [0.1, 0.15) is 6.04 Å². The number of hydrogen-bond acceptors (Lipinski definition) is 5. The lowest BCUT2D eigenvalue weighted by Crippen LogP contribution is -2.50. The molecule has 1 aromatic heterocycles. The molecule has 2 N–H and O–H groups in total. The molecule has 1 aliphatic rings. The second-order valence-electron chi connectivity index (χ2n) is 6.52. The molecule has 0 spiro atoms. The Morgan fingerprint density at radius 3 is 2.54 bits per heavy atom. The van der Waals surface area contributed by atoms with Gasteiger partial charge in [0, 0.05) is 0 Å². The van der Waals surface area contributed by atoms with Crippen molar-refractivity contribution in [2.24, 2.45) is 5.92 Å². The number of thiophene rings is 1. The van der Waals surface area contributed by atoms with Crippen LogP contribution >= 0.6 is 11.3 Å². The normalized spacial score (nSPS) is 14.8. The SMILES string of the molecule is CC(NC(=O)C(NC(=O)c1cccs1)C(C)C)c1ccc2c(c1)OCO2. The maximum Gasteiger partial charge on any atom is 0.262 e. The number of hydrogen-bond donors (Lipinski definition) is 2. The van der Waals surface area contributed by atoms with Gasteiger partial charge in [-0.05, 0) is 42.0 Å². The predicted octanol–water partition coefficient (Wildman–Crippen LogP) is 3.11. The average Bonchev–Trinajstić information content (AvgIpc) is 3.29. The topological polar surface area (TPSA) is 76.7 Å². The molecule has 2 amide bonds. The number of nitrogens with one attached hydrogen (secondary N) is 2. The van der Waals surface area contributed by atoms with Gasteiger partial charge in [0.25, 0.3) is 5.91 Å². The van der Waals surface area contributed by atoms with Crippen molar-refractivity contribution in [3.05, 3.63) is 46.2 Å². The van der Waals surface area contributed by atoms with Crippen molar-refractivity contribution < 1.29 is 19.1 Å². The third-order valence-corrected chi connectivity index (χ3v) is 5.10. The van der Waals surface area contributed by atoms with Crippen molar-refractivity contribution in [1.29, 1.82) is 0 Å². The first-order valence-corrected chi connectivity index (χ1v) is 9.38. The van der Waals surface area contributed by atoms with Crippen molar-refractivity contribution in [3.8, 4) is 11.5 Å². The van der Waals surface area contributed by atoms with Crippen LogP contribution in [0.15, 0.2) is 35.7 Å². The molecule has 138 valence electrons. The minimum Gasteiger partial charge on any atom is -0.454 e. The van der Waals surface area contributed by atoms with E-state index in [4.69, 9.17) is 9.47 Å². The highest BCUT2D eigenvalue weighted by Crippen LogP contribution is 2.34. The van der Waals surface area contributed by atoms with Crippen molar-refractivity contribution >= 4 is 23.2 Å². The van der Waals surface area contributed by atoms with E-state index < -0.39 is 6.04 Å². The molecular weight excluding hydrogens is 352 g/mol. The number of amides is 2. The van der Waals surface area contributed by atoms with Gasteiger partial charge >= 0.3 is 0 Å². The summed E-state index contributed by atoms with van der Waals surface area (Å²) < 4.78 is 10.7. The Labute approximate surface area is 156 Å². The van der Waals surface area contributed by atoms with Gasteiger partial charge in [-0.3, -0.25) is 9.59 Å². The fourth-order valence-electron chi connectivity index (χ4n) is 2.72. The molecule has 3 rings (SSSR count). The van der Waals surface area contributed by atoms with Crippen LogP contribution in [0.4, 0.5) is 0 Å². The van der Waals surface area contributed by atoms with E-state index in [-0.39, 0.29) is 30.6 Å². The quantitative estimate of drug-likeness (QED) is 0.815. The second-order valence-corrected chi connectivity index (χ2v) is 7.46. The molecule has 7 heteroatoms. The van der Waals surface area contributed by atoms with Crippen molar-refractivity contribution in [3.63, 3.8) is 0 Å². The molecule has 1 aromatic carbocycles. The summed E-state index contributed by atoms with van der Waals surface area (Å²) in [6.45, 7) is 5.92. The third-order valence-electron chi connectivity index (χ3n) is 4.24. The molecule has 2 heterocycles. The molecule has 26 heavy (non-hydrogen) atoms. The number of ether oxygens (including phenoxy) is 2. The molecule has 2 atom stereocenters. The highest BCUT2D eigenvalue weighted by Gasteiger charge is 2.26. The smallest absolute Gasteiger partial charge is 0.262 e. The summed E-state index contributed by atoms with van der Waals surface area (Å²) >= 11 is 1.35. The van der Waals surface area contributed by atoms with E-state index in [1.165, 1.54) is 11.3 Å². The van der Waals surface area contributed by atoms with E-state index in [9.17, 15) is 9.59 Å². The molecular formula is C19H22N2O4S. The predicted molar refractivity (Wildman–Crippen MR) is 99.5 cm³/mol. The highest BCUT2D eigenvalue weighted by molar-refractivity contribution is 7.12. The Morgan fingerprint density at radius 2 is 1.85 bits per heavy atom. The van der Waals surface area contributed by atoms with E-state index in [2.05, 4.69) is 10.6 Å². The van der Waals surface area contributed by atoms with Crippen LogP contribution in [0.1, 0.15) is 42.0 Å². The van der Waals surface area contributed by atoms with E-state index in [1.54, 1.807) is 6.07 Å². The zero-order chi connectivity index (χ0) is 18.7. The van der Waals surface area contributed by atoms with Crippen LogP contribution < -0.4 is 20.1 Å². The lowest BCUT2D eigenvalue weighted by molar-refractivity contribution is -0.124. The zero-order valence-electron chi connectivity index (χ0n) is 14.9. The maximum absolute atomic E-state index is 12.7. The van der Waals surface area contributed by atoms with Gasteiger partial charge in [-0.2, -0.15) is 0 Å². The number of rotatable bonds is 6. The lowest BCUT2D eigenvalue weighted by atomic mass is 10.0. The standard InChI is InChI=1S/C19H22N2O4S/c1-11(2)17(21-18(22)16-5-4-8-26-16)19(23)20-12(3)13-6-7-14-15(9-13)25-10-24-14/h4-9,11-12,17H,10H2,1-3H3,(H,20,23)(H,21,22). The van der Waals surface area contributed by atoms with Gasteiger partial charge in [0.2, 0.25) is 12.7 Å². The van der Waals surface area contributed by atoms with Gasteiger partial charge in [0.15, 0.2) is 11.5 Å². The van der Waals surface area contributed by atoms with E-state index >= 15 is 0 Å². The van der Waals surface area contributed by atoms with Gasteiger partial charge in [-0.15, -0.1) is 11.3 Å². The molecule has 0 saturated carbocycles. The molecule has 0 aliphatic carbocycles. The Hall–Kier alpha value is -2.54. The second kappa shape index (κ2) is 7.78. The van der Waals surface area contributed by atoms with Gasteiger partial charge in [-0.1, -0.05) is 26.0 Å². The summed E-state index contributed by atoms with van der Waals surface area (Å²) in [5.41, 5.74) is 0.912. The molecule has 2 unspecified atom stereocenters. The van der Waals surface area contributed by atoms with Crippen LogP contribution in [-0.4, -0.2) is 24.6 Å². The van der Waals surface area contributed by atoms with Gasteiger partial charge < -0.3 is 20.1 Å². The van der Waals surface area contributed by atoms with Crippen molar-refractivity contribution in [2.75, 3.05) is 6.79 Å². The first-order valence-electron chi connectivity index (χ1n) is 8.50. The summed E-state index contributed by atoms with van der Waals surface area (Å²) in [6.07, 6.45) is 0. The number of benzene rings is 1. The summed E-state index contributed by atoms with van der Waals surface area (Å²) in [6, 6.07) is 8.31. The van der Waals surface area contributed by atoms with Crippen molar-refractivity contribution in [1.82, 2.24) is 10.6 Å². The molecule has 0 saturated heterocycles. The molecule has 1 aliphatic heterocycles. The number of fused-ring (bicyclic) bond motifs is 1. The lowest BCUT2D eigenvalue weighted by Gasteiger charge is -2.24. The summed E-state index contributed by atoms with van der Waals surface area (Å²) in [7, 11) is 0. The Morgan fingerprint density at radius 1 is 1.08 bits per heavy atom. The molecule has 0 bridgehead atoms. The van der Waals surface area contributed by atoms with Crippen LogP contribution in [0.25, 0.3) is 0 Å². The third kappa shape index (κ3) is 3.99. The monoisotopic (exact) mass is 374 g/mol. The minimum absolute atomic E-state index is 0.0390. The Bertz CT molecular complexity index is 789. The summed E-state index contributed by atoms with van der Waals surface area (Å²) in [5, 5.41) is 7.64. The van der Waals surface area contributed by atoms with Crippen LogP contribution in [0, 0.1) is 5.92 Å². The van der Waals surface area contributed by atoms with Crippen LogP contribution in [0.3, 0.4) is 0 Å². The first kappa shape index (κ1) is 18.3. The molecule has 6 nitrogen and oxygen atoms in total. The zero-order valence-corrected chi connectivity index (χ0v) is 15.8. The van der Waals surface area contributed by atoms with Gasteiger partial charge in [-0.25, -0.2) is 0 Å². The van der Waals surface area contributed by atoms with Gasteiger partial charge in [0.05, 0.1) is 10.9 Å². The van der Waals surface area contributed by atoms with E-state index in [0.29, 0.717) is 16.4 Å². The fraction of sp³-hybridized carbons (Fsp3) is 0.368. The Kier molecular flexibility index (Phi) is 5.46. The van der Waals surface area contributed by atoms with Crippen LogP contribution in [-0.2, 0) is 4.79 Å². The van der Waals surface area contributed by atoms with Crippen molar-refractivity contribution in [2.45, 2.75) is 32.9 Å².